The number of primary amides is 1. The minimum absolute atomic E-state index is 0.0199. The third-order valence-electron chi connectivity index (χ3n) is 2.90. The van der Waals surface area contributed by atoms with E-state index < -0.39 is 0 Å². The van der Waals surface area contributed by atoms with Crippen LogP contribution >= 0.6 is 0 Å². The van der Waals surface area contributed by atoms with E-state index in [0.717, 1.165) is 25.7 Å². The Labute approximate surface area is 90.6 Å². The van der Waals surface area contributed by atoms with Gasteiger partial charge in [0, 0.05) is 17.9 Å². The predicted octanol–water partition coefficient (Wildman–Crippen LogP) is 0.803. The van der Waals surface area contributed by atoms with E-state index in [-0.39, 0.29) is 29.7 Å². The molecular weight excluding hydrogens is 192 g/mol. The average Bonchev–Trinajstić information content (AvgIpc) is 2.16. The maximum atomic E-state index is 11.8. The van der Waals surface area contributed by atoms with Gasteiger partial charge in [0.05, 0.1) is 0 Å². The molecule has 4 nitrogen and oxygen atoms in total. The number of nitrogens with one attached hydrogen (secondary N) is 1. The van der Waals surface area contributed by atoms with E-state index in [1.54, 1.807) is 0 Å². The summed E-state index contributed by atoms with van der Waals surface area (Å²) in [6.07, 6.45) is 3.55. The Morgan fingerprint density at radius 1 is 1.20 bits per heavy atom. The van der Waals surface area contributed by atoms with Crippen molar-refractivity contribution in [2.24, 2.45) is 17.6 Å². The molecule has 1 rings (SSSR count). The highest BCUT2D eigenvalue weighted by atomic mass is 16.2. The third-order valence-corrected chi connectivity index (χ3v) is 2.90. The van der Waals surface area contributed by atoms with E-state index in [0.29, 0.717) is 0 Å². The van der Waals surface area contributed by atoms with Gasteiger partial charge in [-0.2, -0.15) is 0 Å². The number of carbonyl (C=O) groups is 2. The lowest BCUT2D eigenvalue weighted by Gasteiger charge is -2.28. The second-order valence-electron chi connectivity index (χ2n) is 4.56. The predicted molar refractivity (Wildman–Crippen MR) is 57.9 cm³/mol. The summed E-state index contributed by atoms with van der Waals surface area (Å²) in [5, 5.41) is 2.85. The van der Waals surface area contributed by atoms with Crippen molar-refractivity contribution in [1.29, 1.82) is 0 Å². The maximum absolute atomic E-state index is 11.8. The molecule has 4 heteroatoms. The third kappa shape index (κ3) is 3.22. The second kappa shape index (κ2) is 5.14. The minimum atomic E-state index is -0.335. The molecule has 0 aliphatic heterocycles. The molecule has 1 aliphatic carbocycles. The molecule has 0 saturated heterocycles. The number of rotatable bonds is 3. The van der Waals surface area contributed by atoms with E-state index in [4.69, 9.17) is 5.73 Å². The van der Waals surface area contributed by atoms with Crippen LogP contribution in [0.15, 0.2) is 0 Å². The van der Waals surface area contributed by atoms with Gasteiger partial charge >= 0.3 is 0 Å². The first kappa shape index (κ1) is 12.0. The molecule has 0 aromatic rings. The van der Waals surface area contributed by atoms with Gasteiger partial charge in [-0.25, -0.2) is 0 Å². The van der Waals surface area contributed by atoms with E-state index in [9.17, 15) is 9.59 Å². The van der Waals surface area contributed by atoms with Crippen molar-refractivity contribution in [2.45, 2.75) is 45.6 Å². The first-order chi connectivity index (χ1) is 7.02. The van der Waals surface area contributed by atoms with Gasteiger partial charge in [-0.3, -0.25) is 9.59 Å². The summed E-state index contributed by atoms with van der Waals surface area (Å²) in [7, 11) is 0. The molecule has 3 N–H and O–H groups in total. The molecule has 86 valence electrons. The number of hydrogen-bond donors (Lipinski definition) is 2. The fourth-order valence-electron chi connectivity index (χ4n) is 2.18. The van der Waals surface area contributed by atoms with Crippen molar-refractivity contribution in [3.8, 4) is 0 Å². The van der Waals surface area contributed by atoms with Crippen LogP contribution in [0.25, 0.3) is 0 Å². The van der Waals surface area contributed by atoms with Gasteiger partial charge in [-0.05, 0) is 26.7 Å². The molecule has 2 atom stereocenters. The molecule has 0 radical (unpaired) electrons. The van der Waals surface area contributed by atoms with Gasteiger partial charge < -0.3 is 11.1 Å². The van der Waals surface area contributed by atoms with Crippen molar-refractivity contribution < 1.29 is 9.59 Å². The SMILES string of the molecule is CC(C)NC(=O)C1CCCCC1C(N)=O. The Balaban J connectivity index is 2.63. The van der Waals surface area contributed by atoms with Crippen molar-refractivity contribution >= 4 is 11.8 Å². The Kier molecular flexibility index (Phi) is 4.12. The van der Waals surface area contributed by atoms with Crippen LogP contribution in [-0.2, 0) is 9.59 Å². The molecule has 0 aromatic heterocycles. The highest BCUT2D eigenvalue weighted by molar-refractivity contribution is 5.87. The summed E-state index contributed by atoms with van der Waals surface area (Å²) in [6.45, 7) is 3.83. The lowest BCUT2D eigenvalue weighted by Crippen LogP contribution is -2.43. The van der Waals surface area contributed by atoms with Gasteiger partial charge in [0.2, 0.25) is 11.8 Å². The molecule has 0 bridgehead atoms. The van der Waals surface area contributed by atoms with Gasteiger partial charge in [0.25, 0.3) is 0 Å². The number of hydrogen-bond acceptors (Lipinski definition) is 2. The summed E-state index contributed by atoms with van der Waals surface area (Å²) in [5.41, 5.74) is 5.31. The van der Waals surface area contributed by atoms with Crippen LogP contribution in [0, 0.1) is 11.8 Å². The van der Waals surface area contributed by atoms with Crippen molar-refractivity contribution in [1.82, 2.24) is 5.32 Å². The van der Waals surface area contributed by atoms with Crippen molar-refractivity contribution in [3.05, 3.63) is 0 Å². The van der Waals surface area contributed by atoms with Crippen LogP contribution in [0.2, 0.25) is 0 Å². The lowest BCUT2D eigenvalue weighted by atomic mass is 9.78. The van der Waals surface area contributed by atoms with Crippen molar-refractivity contribution in [3.63, 3.8) is 0 Å². The van der Waals surface area contributed by atoms with Crippen molar-refractivity contribution in [2.75, 3.05) is 0 Å². The average molecular weight is 212 g/mol. The molecule has 1 saturated carbocycles. The lowest BCUT2D eigenvalue weighted by molar-refractivity contribution is -0.135. The quantitative estimate of drug-likeness (QED) is 0.726. The van der Waals surface area contributed by atoms with Gasteiger partial charge in [0.15, 0.2) is 0 Å². The molecule has 1 aliphatic rings. The summed E-state index contributed by atoms with van der Waals surface area (Å²) >= 11 is 0. The topological polar surface area (TPSA) is 72.2 Å². The van der Waals surface area contributed by atoms with Gasteiger partial charge in [0.1, 0.15) is 0 Å². The molecule has 15 heavy (non-hydrogen) atoms. The summed E-state index contributed by atoms with van der Waals surface area (Å²) in [6, 6.07) is 0.118. The van der Waals surface area contributed by atoms with Gasteiger partial charge in [-0.1, -0.05) is 12.8 Å². The Morgan fingerprint density at radius 3 is 2.20 bits per heavy atom. The number of carbonyl (C=O) groups excluding carboxylic acids is 2. The van der Waals surface area contributed by atoms with Crippen LogP contribution < -0.4 is 11.1 Å². The van der Waals surface area contributed by atoms with Crippen LogP contribution in [-0.4, -0.2) is 17.9 Å². The highest BCUT2D eigenvalue weighted by Crippen LogP contribution is 2.29. The molecular formula is C11H20N2O2. The second-order valence-corrected chi connectivity index (χ2v) is 4.56. The molecule has 1 fully saturated rings. The highest BCUT2D eigenvalue weighted by Gasteiger charge is 2.34. The van der Waals surface area contributed by atoms with Crippen LogP contribution in [0.3, 0.4) is 0 Å². The van der Waals surface area contributed by atoms with E-state index in [2.05, 4.69) is 5.32 Å². The van der Waals surface area contributed by atoms with Gasteiger partial charge in [-0.15, -0.1) is 0 Å². The van der Waals surface area contributed by atoms with Crippen LogP contribution in [0.1, 0.15) is 39.5 Å². The number of nitrogens with two attached hydrogens (primary N) is 1. The summed E-state index contributed by atoms with van der Waals surface area (Å²) in [4.78, 5) is 23.0. The molecule has 0 aromatic carbocycles. The monoisotopic (exact) mass is 212 g/mol. The zero-order valence-corrected chi connectivity index (χ0v) is 9.45. The molecule has 2 amide bonds. The normalized spacial score (nSPS) is 26.3. The van der Waals surface area contributed by atoms with Crippen LogP contribution in [0.4, 0.5) is 0 Å². The zero-order valence-electron chi connectivity index (χ0n) is 9.45. The molecule has 0 spiro atoms. The summed E-state index contributed by atoms with van der Waals surface area (Å²) < 4.78 is 0. The fourth-order valence-corrected chi connectivity index (χ4v) is 2.18. The van der Waals surface area contributed by atoms with E-state index in [1.165, 1.54) is 0 Å². The first-order valence-electron chi connectivity index (χ1n) is 5.62. The molecule has 0 heterocycles. The van der Waals surface area contributed by atoms with E-state index in [1.807, 2.05) is 13.8 Å². The maximum Gasteiger partial charge on any atom is 0.224 e. The largest absolute Gasteiger partial charge is 0.369 e. The molecule has 2 unspecified atom stereocenters. The Bertz CT molecular complexity index is 251. The summed E-state index contributed by atoms with van der Waals surface area (Å²) in [5.74, 6) is -0.830. The Hall–Kier alpha value is -1.06. The number of amides is 2. The first-order valence-corrected chi connectivity index (χ1v) is 5.62. The minimum Gasteiger partial charge on any atom is -0.369 e. The van der Waals surface area contributed by atoms with Crippen LogP contribution in [0.5, 0.6) is 0 Å². The Morgan fingerprint density at radius 2 is 1.73 bits per heavy atom. The fraction of sp³-hybridized carbons (Fsp3) is 0.818. The van der Waals surface area contributed by atoms with E-state index >= 15 is 0 Å². The zero-order chi connectivity index (χ0) is 11.4. The smallest absolute Gasteiger partial charge is 0.224 e. The standard InChI is InChI=1S/C11H20N2O2/c1-7(2)13-11(15)9-6-4-3-5-8(9)10(12)14/h7-9H,3-6H2,1-2H3,(H2,12,14)(H,13,15).